The molecule has 104 valence electrons. The van der Waals surface area contributed by atoms with E-state index in [0.29, 0.717) is 11.4 Å². The van der Waals surface area contributed by atoms with E-state index >= 15 is 0 Å². The van der Waals surface area contributed by atoms with Gasteiger partial charge in [0.25, 0.3) is 5.91 Å². The Hall–Kier alpha value is -2.95. The number of benzene rings is 2. The minimum absolute atomic E-state index is 0.0392. The second kappa shape index (κ2) is 6.00. The van der Waals surface area contributed by atoms with E-state index in [4.69, 9.17) is 4.74 Å². The monoisotopic (exact) mass is 279 g/mol. The Morgan fingerprint density at radius 1 is 1.00 bits per heavy atom. The van der Waals surface area contributed by atoms with Gasteiger partial charge >= 0.3 is 0 Å². The van der Waals surface area contributed by atoms with Crippen LogP contribution in [0, 0.1) is 0 Å². The van der Waals surface area contributed by atoms with Gasteiger partial charge in [-0.25, -0.2) is 0 Å². The lowest BCUT2D eigenvalue weighted by atomic mass is 10.2. The highest BCUT2D eigenvalue weighted by Gasteiger charge is 2.05. The van der Waals surface area contributed by atoms with E-state index in [1.807, 2.05) is 24.3 Å². The van der Waals surface area contributed by atoms with Crippen molar-refractivity contribution in [2.45, 2.75) is 0 Å². The molecule has 0 spiro atoms. The number of amides is 1. The highest BCUT2D eigenvalue weighted by atomic mass is 16.5. The molecule has 0 aliphatic carbocycles. The second-order valence-corrected chi connectivity index (χ2v) is 4.41. The van der Waals surface area contributed by atoms with E-state index in [0.717, 1.165) is 11.0 Å². The molecule has 5 heteroatoms. The van der Waals surface area contributed by atoms with Gasteiger partial charge in [-0.05, 0) is 30.3 Å². The highest BCUT2D eigenvalue weighted by Crippen LogP contribution is 2.15. The molecule has 0 bridgehead atoms. The van der Waals surface area contributed by atoms with Crippen LogP contribution in [0.3, 0.4) is 0 Å². The number of nitrogens with zero attached hydrogens (tertiary/aromatic N) is 2. The van der Waals surface area contributed by atoms with E-state index in [2.05, 4.69) is 15.3 Å². The Morgan fingerprint density at radius 3 is 2.57 bits per heavy atom. The van der Waals surface area contributed by atoms with Gasteiger partial charge in [0, 0.05) is 18.1 Å². The number of para-hydroxylation sites is 1. The molecule has 0 unspecified atom stereocenters. The first kappa shape index (κ1) is 13.1. The van der Waals surface area contributed by atoms with Crippen LogP contribution in [0.25, 0.3) is 11.0 Å². The van der Waals surface area contributed by atoms with Crippen molar-refractivity contribution in [3.63, 3.8) is 0 Å². The van der Waals surface area contributed by atoms with Gasteiger partial charge in [-0.3, -0.25) is 14.8 Å². The lowest BCUT2D eigenvalue weighted by molar-refractivity contribution is -0.118. The molecule has 0 aliphatic rings. The molecule has 3 aromatic rings. The summed E-state index contributed by atoms with van der Waals surface area (Å²) in [7, 11) is 0. The molecule has 0 fully saturated rings. The minimum atomic E-state index is -0.220. The van der Waals surface area contributed by atoms with E-state index in [1.54, 1.807) is 36.7 Å². The number of fused-ring (bicyclic) bond motifs is 1. The van der Waals surface area contributed by atoms with Crippen molar-refractivity contribution in [3.8, 4) is 5.75 Å². The Bertz CT molecular complexity index is 760. The van der Waals surface area contributed by atoms with Crippen molar-refractivity contribution in [3.05, 3.63) is 60.9 Å². The first-order valence-corrected chi connectivity index (χ1v) is 6.50. The fourth-order valence-electron chi connectivity index (χ4n) is 1.90. The van der Waals surface area contributed by atoms with Crippen LogP contribution < -0.4 is 10.1 Å². The van der Waals surface area contributed by atoms with Crippen LogP contribution in [-0.2, 0) is 4.79 Å². The van der Waals surface area contributed by atoms with Gasteiger partial charge < -0.3 is 10.1 Å². The average Bonchev–Trinajstić information content (AvgIpc) is 2.54. The van der Waals surface area contributed by atoms with E-state index in [9.17, 15) is 4.79 Å². The normalized spacial score (nSPS) is 10.3. The Balaban J connectivity index is 1.63. The number of nitrogens with one attached hydrogen (secondary N) is 1. The topological polar surface area (TPSA) is 64.1 Å². The maximum atomic E-state index is 11.8. The molecule has 21 heavy (non-hydrogen) atoms. The predicted molar refractivity (Wildman–Crippen MR) is 80.1 cm³/mol. The van der Waals surface area contributed by atoms with Crippen molar-refractivity contribution in [2.75, 3.05) is 11.9 Å². The molecule has 1 aromatic heterocycles. The Morgan fingerprint density at radius 2 is 1.76 bits per heavy atom. The molecule has 1 heterocycles. The zero-order valence-corrected chi connectivity index (χ0v) is 11.2. The number of ether oxygens (including phenoxy) is 1. The number of hydrogen-bond acceptors (Lipinski definition) is 4. The van der Waals surface area contributed by atoms with Gasteiger partial charge in [-0.15, -0.1) is 0 Å². The number of carbonyl (C=O) groups is 1. The summed E-state index contributed by atoms with van der Waals surface area (Å²) in [6, 6.07) is 14.6. The predicted octanol–water partition coefficient (Wildman–Crippen LogP) is 2.65. The van der Waals surface area contributed by atoms with Crippen molar-refractivity contribution >= 4 is 22.6 Å². The molecule has 1 N–H and O–H groups in total. The summed E-state index contributed by atoms with van der Waals surface area (Å²) < 4.78 is 5.39. The van der Waals surface area contributed by atoms with Crippen LogP contribution in [0.4, 0.5) is 5.69 Å². The lowest BCUT2D eigenvalue weighted by Gasteiger charge is -2.07. The molecule has 3 rings (SSSR count). The summed E-state index contributed by atoms with van der Waals surface area (Å²) in [5.74, 6) is 0.444. The molecule has 1 amide bonds. The largest absolute Gasteiger partial charge is 0.484 e. The van der Waals surface area contributed by atoms with Gasteiger partial charge in [0.1, 0.15) is 5.75 Å². The van der Waals surface area contributed by atoms with Crippen LogP contribution in [0.5, 0.6) is 5.75 Å². The SMILES string of the molecule is O=C(COc1ccccc1)Nc1ccc2nccnc2c1. The molecule has 0 saturated heterocycles. The molecular weight excluding hydrogens is 266 g/mol. The summed E-state index contributed by atoms with van der Waals surface area (Å²) in [5.41, 5.74) is 2.19. The first-order chi connectivity index (χ1) is 10.3. The van der Waals surface area contributed by atoms with Crippen molar-refractivity contribution in [2.24, 2.45) is 0 Å². The quantitative estimate of drug-likeness (QED) is 0.797. The molecule has 0 saturated carbocycles. The van der Waals surface area contributed by atoms with Crippen LogP contribution in [0.2, 0.25) is 0 Å². The summed E-state index contributed by atoms with van der Waals surface area (Å²) in [6.07, 6.45) is 3.25. The van der Waals surface area contributed by atoms with Crippen LogP contribution in [0.1, 0.15) is 0 Å². The summed E-state index contributed by atoms with van der Waals surface area (Å²) in [5, 5.41) is 2.77. The minimum Gasteiger partial charge on any atom is -0.484 e. The number of carbonyl (C=O) groups excluding carboxylic acids is 1. The van der Waals surface area contributed by atoms with Crippen LogP contribution in [-0.4, -0.2) is 22.5 Å². The van der Waals surface area contributed by atoms with Crippen molar-refractivity contribution < 1.29 is 9.53 Å². The third-order valence-corrected chi connectivity index (χ3v) is 2.87. The zero-order chi connectivity index (χ0) is 14.5. The first-order valence-electron chi connectivity index (χ1n) is 6.50. The number of rotatable bonds is 4. The van der Waals surface area contributed by atoms with Gasteiger partial charge in [-0.1, -0.05) is 18.2 Å². The average molecular weight is 279 g/mol. The molecule has 2 aromatic carbocycles. The lowest BCUT2D eigenvalue weighted by Crippen LogP contribution is -2.20. The van der Waals surface area contributed by atoms with E-state index in [-0.39, 0.29) is 12.5 Å². The van der Waals surface area contributed by atoms with Crippen molar-refractivity contribution in [1.29, 1.82) is 0 Å². The Labute approximate surface area is 121 Å². The molecular formula is C16H13N3O2. The van der Waals surface area contributed by atoms with Crippen molar-refractivity contribution in [1.82, 2.24) is 9.97 Å². The maximum Gasteiger partial charge on any atom is 0.262 e. The fourth-order valence-corrected chi connectivity index (χ4v) is 1.90. The third-order valence-electron chi connectivity index (χ3n) is 2.87. The smallest absolute Gasteiger partial charge is 0.262 e. The number of hydrogen-bond donors (Lipinski definition) is 1. The standard InChI is InChI=1S/C16H13N3O2/c20-16(11-21-13-4-2-1-3-5-13)19-12-6-7-14-15(10-12)18-9-8-17-14/h1-10H,11H2,(H,19,20). The molecule has 0 radical (unpaired) electrons. The fraction of sp³-hybridized carbons (Fsp3) is 0.0625. The summed E-state index contributed by atoms with van der Waals surface area (Å²) >= 11 is 0. The van der Waals surface area contributed by atoms with E-state index < -0.39 is 0 Å². The maximum absolute atomic E-state index is 11.8. The van der Waals surface area contributed by atoms with E-state index in [1.165, 1.54) is 0 Å². The zero-order valence-electron chi connectivity index (χ0n) is 11.2. The molecule has 0 atom stereocenters. The Kier molecular flexibility index (Phi) is 3.73. The van der Waals surface area contributed by atoms with Gasteiger partial charge in [-0.2, -0.15) is 0 Å². The summed E-state index contributed by atoms with van der Waals surface area (Å²) in [6.45, 7) is -0.0392. The number of aromatic nitrogens is 2. The molecule has 0 aliphatic heterocycles. The van der Waals surface area contributed by atoms with Gasteiger partial charge in [0.15, 0.2) is 6.61 Å². The van der Waals surface area contributed by atoms with Gasteiger partial charge in [0.2, 0.25) is 0 Å². The van der Waals surface area contributed by atoms with Crippen LogP contribution in [0.15, 0.2) is 60.9 Å². The van der Waals surface area contributed by atoms with Crippen LogP contribution >= 0.6 is 0 Å². The second-order valence-electron chi connectivity index (χ2n) is 4.41. The third kappa shape index (κ3) is 3.33. The summed E-state index contributed by atoms with van der Waals surface area (Å²) in [4.78, 5) is 20.2. The number of anilines is 1. The molecule has 5 nitrogen and oxygen atoms in total. The van der Waals surface area contributed by atoms with Gasteiger partial charge in [0.05, 0.1) is 11.0 Å². The highest BCUT2D eigenvalue weighted by molar-refractivity contribution is 5.93.